The summed E-state index contributed by atoms with van der Waals surface area (Å²) in [6.45, 7) is 4.97. The van der Waals surface area contributed by atoms with E-state index in [-0.39, 0.29) is 0 Å². The van der Waals surface area contributed by atoms with Crippen molar-refractivity contribution in [2.75, 3.05) is 19.8 Å². The molecule has 1 N–H and O–H groups in total. The zero-order valence-electron chi connectivity index (χ0n) is 11.4. The molecule has 1 aliphatic carbocycles. The second-order valence-electron chi connectivity index (χ2n) is 5.07. The topological polar surface area (TPSA) is 39.7 Å². The van der Waals surface area contributed by atoms with Crippen LogP contribution in [0.4, 0.5) is 0 Å². The molecule has 0 spiro atoms. The van der Waals surface area contributed by atoms with Gasteiger partial charge < -0.3 is 19.5 Å². The molecule has 4 heteroatoms. The predicted molar refractivity (Wildman–Crippen MR) is 72.7 cm³/mol. The molecule has 1 aromatic rings. The molecule has 0 amide bonds. The zero-order valence-corrected chi connectivity index (χ0v) is 11.4. The SMILES string of the molecule is CCOC1CC(NCc2cccc3c2OCCO3)C1. The summed E-state index contributed by atoms with van der Waals surface area (Å²) in [5.74, 6) is 1.77. The Morgan fingerprint density at radius 1 is 1.26 bits per heavy atom. The van der Waals surface area contributed by atoms with Gasteiger partial charge in [0.25, 0.3) is 0 Å². The number of nitrogens with one attached hydrogen (secondary N) is 1. The Kier molecular flexibility index (Phi) is 3.89. The molecule has 1 saturated carbocycles. The van der Waals surface area contributed by atoms with Crippen LogP contribution in [0.15, 0.2) is 18.2 Å². The minimum atomic E-state index is 0.451. The standard InChI is InChI=1S/C15H21NO3/c1-2-17-13-8-12(9-13)16-10-11-4-3-5-14-15(11)19-7-6-18-14/h3-5,12-13,16H,2,6-10H2,1H3. The summed E-state index contributed by atoms with van der Waals surface area (Å²) < 4.78 is 16.9. The van der Waals surface area contributed by atoms with Crippen LogP contribution in [0.1, 0.15) is 25.3 Å². The molecule has 1 aliphatic heterocycles. The summed E-state index contributed by atoms with van der Waals surface area (Å²) in [7, 11) is 0. The summed E-state index contributed by atoms with van der Waals surface area (Å²) in [5.41, 5.74) is 1.18. The molecular weight excluding hydrogens is 242 g/mol. The number of rotatable bonds is 5. The van der Waals surface area contributed by atoms with E-state index in [9.17, 15) is 0 Å². The van der Waals surface area contributed by atoms with E-state index in [0.29, 0.717) is 25.4 Å². The second kappa shape index (κ2) is 5.80. The molecule has 1 heterocycles. The number of hydrogen-bond donors (Lipinski definition) is 1. The molecule has 0 radical (unpaired) electrons. The lowest BCUT2D eigenvalue weighted by atomic mass is 9.89. The molecule has 0 atom stereocenters. The van der Waals surface area contributed by atoms with Crippen LogP contribution >= 0.6 is 0 Å². The lowest BCUT2D eigenvalue weighted by Crippen LogP contribution is -2.45. The summed E-state index contributed by atoms with van der Waals surface area (Å²) in [6, 6.07) is 6.65. The first-order valence-electron chi connectivity index (χ1n) is 7.09. The van der Waals surface area contributed by atoms with Crippen molar-refractivity contribution in [3.05, 3.63) is 23.8 Å². The first-order chi connectivity index (χ1) is 9.36. The van der Waals surface area contributed by atoms with Crippen LogP contribution in [-0.2, 0) is 11.3 Å². The zero-order chi connectivity index (χ0) is 13.1. The molecule has 3 rings (SSSR count). The molecule has 104 valence electrons. The minimum Gasteiger partial charge on any atom is -0.486 e. The van der Waals surface area contributed by atoms with Gasteiger partial charge in [0.1, 0.15) is 13.2 Å². The van der Waals surface area contributed by atoms with E-state index < -0.39 is 0 Å². The molecule has 19 heavy (non-hydrogen) atoms. The number of ether oxygens (including phenoxy) is 3. The van der Waals surface area contributed by atoms with Gasteiger partial charge in [0, 0.05) is 24.8 Å². The number of benzene rings is 1. The molecule has 1 aromatic carbocycles. The van der Waals surface area contributed by atoms with Gasteiger partial charge in [0.2, 0.25) is 0 Å². The van der Waals surface area contributed by atoms with E-state index in [4.69, 9.17) is 14.2 Å². The van der Waals surface area contributed by atoms with Gasteiger partial charge in [-0.25, -0.2) is 0 Å². The summed E-state index contributed by atoms with van der Waals surface area (Å²) in [6.07, 6.45) is 2.67. The second-order valence-corrected chi connectivity index (χ2v) is 5.07. The predicted octanol–water partition coefficient (Wildman–Crippen LogP) is 2.11. The van der Waals surface area contributed by atoms with Crippen LogP contribution < -0.4 is 14.8 Å². The Balaban J connectivity index is 1.53. The molecule has 0 bridgehead atoms. The fourth-order valence-corrected chi connectivity index (χ4v) is 2.63. The van der Waals surface area contributed by atoms with Gasteiger partial charge in [-0.2, -0.15) is 0 Å². The van der Waals surface area contributed by atoms with Crippen LogP contribution in [0.2, 0.25) is 0 Å². The maximum absolute atomic E-state index is 5.71. The molecular formula is C15H21NO3. The maximum Gasteiger partial charge on any atom is 0.165 e. The van der Waals surface area contributed by atoms with E-state index in [1.54, 1.807) is 0 Å². The van der Waals surface area contributed by atoms with Crippen molar-refractivity contribution in [3.8, 4) is 11.5 Å². The van der Waals surface area contributed by atoms with Gasteiger partial charge in [-0.15, -0.1) is 0 Å². The normalized spacial score (nSPS) is 24.9. The van der Waals surface area contributed by atoms with E-state index >= 15 is 0 Å². The van der Waals surface area contributed by atoms with Crippen LogP contribution in [0.3, 0.4) is 0 Å². The summed E-state index contributed by atoms with van der Waals surface area (Å²) >= 11 is 0. The molecule has 1 fully saturated rings. The van der Waals surface area contributed by atoms with Crippen LogP contribution in [0, 0.1) is 0 Å². The first kappa shape index (κ1) is 12.8. The third-order valence-electron chi connectivity index (χ3n) is 3.73. The highest BCUT2D eigenvalue weighted by molar-refractivity contribution is 5.47. The maximum atomic E-state index is 5.71. The molecule has 0 unspecified atom stereocenters. The van der Waals surface area contributed by atoms with Crippen LogP contribution in [-0.4, -0.2) is 32.0 Å². The Hall–Kier alpha value is -1.26. The van der Waals surface area contributed by atoms with E-state index in [2.05, 4.69) is 11.4 Å². The summed E-state index contributed by atoms with van der Waals surface area (Å²) in [5, 5.41) is 3.56. The van der Waals surface area contributed by atoms with Crippen LogP contribution in [0.5, 0.6) is 11.5 Å². The van der Waals surface area contributed by atoms with Gasteiger partial charge in [-0.3, -0.25) is 0 Å². The first-order valence-corrected chi connectivity index (χ1v) is 7.09. The molecule has 0 saturated heterocycles. The number of para-hydroxylation sites is 1. The Bertz CT molecular complexity index is 429. The quantitative estimate of drug-likeness (QED) is 0.883. The van der Waals surface area contributed by atoms with Crippen molar-refractivity contribution in [1.29, 1.82) is 0 Å². The number of hydrogen-bond acceptors (Lipinski definition) is 4. The van der Waals surface area contributed by atoms with Gasteiger partial charge in [-0.05, 0) is 25.8 Å². The van der Waals surface area contributed by atoms with Crippen molar-refractivity contribution in [3.63, 3.8) is 0 Å². The fraction of sp³-hybridized carbons (Fsp3) is 0.600. The average Bonchev–Trinajstić information content (AvgIpc) is 2.41. The highest BCUT2D eigenvalue weighted by atomic mass is 16.6. The molecule has 2 aliphatic rings. The fourth-order valence-electron chi connectivity index (χ4n) is 2.63. The van der Waals surface area contributed by atoms with Crippen LogP contribution in [0.25, 0.3) is 0 Å². The third-order valence-corrected chi connectivity index (χ3v) is 3.73. The van der Waals surface area contributed by atoms with E-state index in [0.717, 1.165) is 37.5 Å². The highest BCUT2D eigenvalue weighted by Crippen LogP contribution is 2.34. The largest absolute Gasteiger partial charge is 0.486 e. The average molecular weight is 263 g/mol. The van der Waals surface area contributed by atoms with E-state index in [1.165, 1.54) is 5.56 Å². The Morgan fingerprint density at radius 3 is 2.95 bits per heavy atom. The van der Waals surface area contributed by atoms with Crippen molar-refractivity contribution in [1.82, 2.24) is 5.32 Å². The summed E-state index contributed by atoms with van der Waals surface area (Å²) in [4.78, 5) is 0. The van der Waals surface area contributed by atoms with E-state index in [1.807, 2.05) is 19.1 Å². The van der Waals surface area contributed by atoms with Crippen molar-refractivity contribution in [2.45, 2.75) is 38.5 Å². The lowest BCUT2D eigenvalue weighted by Gasteiger charge is -2.35. The van der Waals surface area contributed by atoms with Crippen molar-refractivity contribution >= 4 is 0 Å². The highest BCUT2D eigenvalue weighted by Gasteiger charge is 2.29. The molecule has 4 nitrogen and oxygen atoms in total. The lowest BCUT2D eigenvalue weighted by molar-refractivity contribution is -0.0103. The van der Waals surface area contributed by atoms with Crippen molar-refractivity contribution < 1.29 is 14.2 Å². The van der Waals surface area contributed by atoms with Crippen molar-refractivity contribution in [2.24, 2.45) is 0 Å². The van der Waals surface area contributed by atoms with Gasteiger partial charge in [0.05, 0.1) is 6.10 Å². The minimum absolute atomic E-state index is 0.451. The van der Waals surface area contributed by atoms with Gasteiger partial charge in [0.15, 0.2) is 11.5 Å². The molecule has 0 aromatic heterocycles. The Labute approximate surface area is 114 Å². The monoisotopic (exact) mass is 263 g/mol. The van der Waals surface area contributed by atoms with Gasteiger partial charge >= 0.3 is 0 Å². The van der Waals surface area contributed by atoms with Gasteiger partial charge in [-0.1, -0.05) is 12.1 Å². The Morgan fingerprint density at radius 2 is 2.11 bits per heavy atom. The smallest absolute Gasteiger partial charge is 0.165 e. The third kappa shape index (κ3) is 2.85. The number of fused-ring (bicyclic) bond motifs is 1.